The van der Waals surface area contributed by atoms with Gasteiger partial charge in [-0.25, -0.2) is 8.42 Å². The van der Waals surface area contributed by atoms with E-state index in [9.17, 15) is 18.0 Å². The van der Waals surface area contributed by atoms with E-state index in [4.69, 9.17) is 0 Å². The highest BCUT2D eigenvalue weighted by Crippen LogP contribution is 2.30. The zero-order chi connectivity index (χ0) is 22.0. The van der Waals surface area contributed by atoms with E-state index in [1.54, 1.807) is 53.9 Å². The maximum absolute atomic E-state index is 12.8. The predicted octanol–water partition coefficient (Wildman–Crippen LogP) is 4.46. The number of carbonyl (C=O) groups is 2. The van der Waals surface area contributed by atoms with Gasteiger partial charge in [-0.1, -0.05) is 17.7 Å². The molecule has 0 unspecified atom stereocenters. The zero-order valence-electron chi connectivity index (χ0n) is 16.7. The number of sulfonamides is 1. The van der Waals surface area contributed by atoms with Gasteiger partial charge in [0.2, 0.25) is 5.91 Å². The Kier molecular flexibility index (Phi) is 5.79. The Labute approximate surface area is 184 Å². The van der Waals surface area contributed by atoms with Crippen molar-refractivity contribution in [1.29, 1.82) is 0 Å². The molecule has 0 spiro atoms. The van der Waals surface area contributed by atoms with Gasteiger partial charge in [0.25, 0.3) is 15.9 Å². The number of aryl methyl sites for hydroxylation is 1. The van der Waals surface area contributed by atoms with Gasteiger partial charge in [-0.05, 0) is 67.6 Å². The van der Waals surface area contributed by atoms with E-state index in [1.807, 2.05) is 6.92 Å². The number of amides is 2. The highest BCUT2D eigenvalue weighted by molar-refractivity contribution is 7.93. The summed E-state index contributed by atoms with van der Waals surface area (Å²) in [6.45, 7) is 1.91. The predicted molar refractivity (Wildman–Crippen MR) is 122 cm³/mol. The molecule has 160 valence electrons. The maximum atomic E-state index is 12.8. The largest absolute Gasteiger partial charge is 0.326 e. The van der Waals surface area contributed by atoms with Gasteiger partial charge in [0.05, 0.1) is 0 Å². The Balaban J connectivity index is 1.45. The van der Waals surface area contributed by atoms with Gasteiger partial charge < -0.3 is 10.6 Å². The highest BCUT2D eigenvalue weighted by Gasteiger charge is 2.29. The molecule has 1 aliphatic carbocycles. The van der Waals surface area contributed by atoms with E-state index in [0.717, 1.165) is 29.7 Å². The lowest BCUT2D eigenvalue weighted by Crippen LogP contribution is -2.18. The Morgan fingerprint density at radius 3 is 2.06 bits per heavy atom. The first-order chi connectivity index (χ1) is 14.8. The minimum Gasteiger partial charge on any atom is -0.326 e. The smallest absolute Gasteiger partial charge is 0.267 e. The van der Waals surface area contributed by atoms with Crippen molar-refractivity contribution in [3.8, 4) is 0 Å². The van der Waals surface area contributed by atoms with Crippen molar-refractivity contribution < 1.29 is 18.0 Å². The molecule has 0 saturated heterocycles. The number of nitrogens with one attached hydrogen (secondary N) is 3. The molecule has 3 aromatic rings. The van der Waals surface area contributed by atoms with E-state index in [-0.39, 0.29) is 21.6 Å². The molecule has 2 amide bonds. The average molecular weight is 456 g/mol. The Bertz CT molecular complexity index is 1210. The molecule has 0 bridgehead atoms. The summed E-state index contributed by atoms with van der Waals surface area (Å²) in [4.78, 5) is 24.6. The van der Waals surface area contributed by atoms with Crippen LogP contribution in [0.2, 0.25) is 0 Å². The van der Waals surface area contributed by atoms with Crippen molar-refractivity contribution in [2.24, 2.45) is 5.92 Å². The molecular formula is C22H21N3O4S2. The summed E-state index contributed by atoms with van der Waals surface area (Å²) < 4.78 is 28.1. The molecule has 9 heteroatoms. The van der Waals surface area contributed by atoms with Crippen LogP contribution < -0.4 is 15.4 Å². The molecule has 0 radical (unpaired) electrons. The summed E-state index contributed by atoms with van der Waals surface area (Å²) in [7, 11) is -3.92. The maximum Gasteiger partial charge on any atom is 0.267 e. The summed E-state index contributed by atoms with van der Waals surface area (Å²) >= 11 is 1.05. The highest BCUT2D eigenvalue weighted by atomic mass is 32.2. The quantitative estimate of drug-likeness (QED) is 0.489. The molecule has 1 saturated carbocycles. The van der Waals surface area contributed by atoms with Crippen LogP contribution in [0.1, 0.15) is 28.1 Å². The van der Waals surface area contributed by atoms with Crippen molar-refractivity contribution in [3.05, 3.63) is 70.4 Å². The van der Waals surface area contributed by atoms with Crippen LogP contribution in [0.25, 0.3) is 0 Å². The van der Waals surface area contributed by atoms with Crippen LogP contribution in [0.5, 0.6) is 0 Å². The molecule has 2 aromatic carbocycles. The second-order valence-corrected chi connectivity index (χ2v) is 9.95. The lowest BCUT2D eigenvalue weighted by molar-refractivity contribution is -0.117. The molecular weight excluding hydrogens is 434 g/mol. The number of carbonyl (C=O) groups excluding carboxylic acids is 2. The van der Waals surface area contributed by atoms with Crippen LogP contribution in [-0.4, -0.2) is 20.2 Å². The Morgan fingerprint density at radius 1 is 0.871 bits per heavy atom. The van der Waals surface area contributed by atoms with Crippen LogP contribution in [-0.2, 0) is 14.8 Å². The van der Waals surface area contributed by atoms with E-state index >= 15 is 0 Å². The minimum absolute atomic E-state index is 0.00583. The van der Waals surface area contributed by atoms with Gasteiger partial charge >= 0.3 is 0 Å². The number of thiophene rings is 1. The van der Waals surface area contributed by atoms with Gasteiger partial charge in [-0.2, -0.15) is 0 Å². The summed E-state index contributed by atoms with van der Waals surface area (Å²) in [6, 6.07) is 15.1. The topological polar surface area (TPSA) is 104 Å². The lowest BCUT2D eigenvalue weighted by Gasteiger charge is -2.10. The first kappa shape index (κ1) is 21.1. The molecule has 7 nitrogen and oxygen atoms in total. The van der Waals surface area contributed by atoms with Crippen molar-refractivity contribution >= 4 is 50.2 Å². The molecule has 4 rings (SSSR count). The van der Waals surface area contributed by atoms with Gasteiger partial charge in [-0.3, -0.25) is 14.3 Å². The normalized spacial score (nSPS) is 13.5. The lowest BCUT2D eigenvalue weighted by atomic mass is 10.2. The Morgan fingerprint density at radius 2 is 1.45 bits per heavy atom. The van der Waals surface area contributed by atoms with Crippen LogP contribution in [0.4, 0.5) is 17.1 Å². The van der Waals surface area contributed by atoms with Crippen molar-refractivity contribution in [2.45, 2.75) is 24.7 Å². The molecule has 1 heterocycles. The van der Waals surface area contributed by atoms with E-state index < -0.39 is 15.9 Å². The van der Waals surface area contributed by atoms with E-state index in [1.165, 1.54) is 6.07 Å². The van der Waals surface area contributed by atoms with Crippen molar-refractivity contribution in [2.75, 3.05) is 15.4 Å². The van der Waals surface area contributed by atoms with Crippen LogP contribution in [0, 0.1) is 12.8 Å². The molecule has 1 fully saturated rings. The molecule has 0 atom stereocenters. The number of anilines is 3. The van der Waals surface area contributed by atoms with E-state index in [0.29, 0.717) is 17.1 Å². The fourth-order valence-electron chi connectivity index (χ4n) is 2.92. The standard InChI is InChI=1S/C22H21N3O4S2/c1-14-2-6-18(7-3-14)25-31(28,29)19-12-13-30-20(19)22(27)24-17-10-8-16(9-11-17)23-21(26)15-4-5-15/h2-3,6-13,15,25H,4-5H2,1H3,(H,23,26)(H,24,27). The first-order valence-corrected chi connectivity index (χ1v) is 12.1. The SMILES string of the molecule is Cc1ccc(NS(=O)(=O)c2ccsc2C(=O)Nc2ccc(NC(=O)C3CC3)cc2)cc1. The summed E-state index contributed by atoms with van der Waals surface area (Å²) in [5.74, 6) is -0.410. The van der Waals surface area contributed by atoms with Gasteiger partial charge in [0, 0.05) is 23.0 Å². The number of hydrogen-bond donors (Lipinski definition) is 3. The van der Waals surface area contributed by atoms with Gasteiger partial charge in [0.1, 0.15) is 9.77 Å². The van der Waals surface area contributed by atoms with Crippen LogP contribution >= 0.6 is 11.3 Å². The van der Waals surface area contributed by atoms with E-state index in [2.05, 4.69) is 15.4 Å². The molecule has 3 N–H and O–H groups in total. The zero-order valence-corrected chi connectivity index (χ0v) is 18.3. The summed E-state index contributed by atoms with van der Waals surface area (Å²) in [5.41, 5.74) is 2.58. The summed E-state index contributed by atoms with van der Waals surface area (Å²) in [6.07, 6.45) is 1.84. The number of hydrogen-bond acceptors (Lipinski definition) is 5. The Hall–Kier alpha value is -3.17. The molecule has 31 heavy (non-hydrogen) atoms. The molecule has 0 aliphatic heterocycles. The average Bonchev–Trinajstić information content (AvgIpc) is 3.46. The molecule has 1 aliphatic rings. The van der Waals surface area contributed by atoms with Crippen molar-refractivity contribution in [3.63, 3.8) is 0 Å². The third-order valence-electron chi connectivity index (χ3n) is 4.79. The third-order valence-corrected chi connectivity index (χ3v) is 7.25. The van der Waals surface area contributed by atoms with Crippen LogP contribution in [0.3, 0.4) is 0 Å². The second-order valence-electron chi connectivity index (χ2n) is 7.38. The molecule has 1 aromatic heterocycles. The fourth-order valence-corrected chi connectivity index (χ4v) is 5.30. The number of rotatable bonds is 7. The fraction of sp³-hybridized carbons (Fsp3) is 0.182. The van der Waals surface area contributed by atoms with Crippen molar-refractivity contribution in [1.82, 2.24) is 0 Å². The third kappa shape index (κ3) is 5.12. The van der Waals surface area contributed by atoms with Gasteiger partial charge in [0.15, 0.2) is 0 Å². The first-order valence-electron chi connectivity index (χ1n) is 9.71. The summed E-state index contributed by atoms with van der Waals surface area (Å²) in [5, 5.41) is 7.11. The second kappa shape index (κ2) is 8.52. The van der Waals surface area contributed by atoms with Crippen LogP contribution in [0.15, 0.2) is 64.9 Å². The van der Waals surface area contributed by atoms with Gasteiger partial charge in [-0.15, -0.1) is 11.3 Å². The minimum atomic E-state index is -3.92. The monoisotopic (exact) mass is 455 g/mol. The number of benzene rings is 2.